The molecule has 3 aliphatic rings. The van der Waals surface area contributed by atoms with E-state index in [4.69, 9.17) is 9.72 Å². The monoisotopic (exact) mass is 481 g/mol. The lowest BCUT2D eigenvalue weighted by Gasteiger charge is -2.35. The smallest absolute Gasteiger partial charge is 0.326 e. The molecule has 1 fully saturated rings. The molecule has 0 unspecified atom stereocenters. The van der Waals surface area contributed by atoms with Gasteiger partial charge in [0.15, 0.2) is 0 Å². The molecule has 2 aliphatic carbocycles. The Hall–Kier alpha value is -2.94. The van der Waals surface area contributed by atoms with Crippen LogP contribution in [0.25, 0.3) is 0 Å². The van der Waals surface area contributed by atoms with Crippen LogP contribution in [0.3, 0.4) is 0 Å². The van der Waals surface area contributed by atoms with Gasteiger partial charge >= 0.3 is 5.97 Å². The molecule has 9 heteroatoms. The Labute approximate surface area is 205 Å². The van der Waals surface area contributed by atoms with Crippen LogP contribution >= 0.6 is 0 Å². The molecular formula is C26H35N5O4. The van der Waals surface area contributed by atoms with E-state index in [9.17, 15) is 14.7 Å². The fourth-order valence-electron chi connectivity index (χ4n) is 5.44. The Morgan fingerprint density at radius 3 is 2.97 bits per heavy atom. The van der Waals surface area contributed by atoms with Crippen molar-refractivity contribution in [2.24, 2.45) is 11.8 Å². The maximum atomic E-state index is 12.7. The molecule has 9 nitrogen and oxygen atoms in total. The van der Waals surface area contributed by atoms with Gasteiger partial charge in [-0.2, -0.15) is 5.10 Å². The second-order valence-electron chi connectivity index (χ2n) is 10.2. The largest absolute Gasteiger partial charge is 0.480 e. The highest BCUT2D eigenvalue weighted by atomic mass is 16.5. The van der Waals surface area contributed by atoms with Crippen LogP contribution in [-0.2, 0) is 40.0 Å². The molecule has 0 spiro atoms. The highest BCUT2D eigenvalue weighted by Gasteiger charge is 2.32. The van der Waals surface area contributed by atoms with Gasteiger partial charge in [0.1, 0.15) is 11.9 Å². The van der Waals surface area contributed by atoms with Crippen molar-refractivity contribution in [3.05, 3.63) is 40.8 Å². The number of nitrogens with one attached hydrogen (secondary N) is 3. The number of carboxylic acid groups (broad SMARTS) is 1. The zero-order valence-corrected chi connectivity index (χ0v) is 20.1. The number of anilines is 1. The average molecular weight is 482 g/mol. The molecule has 1 aliphatic heterocycles. The molecule has 188 valence electrons. The number of hydrogen-bond acceptors (Lipinski definition) is 6. The van der Waals surface area contributed by atoms with Gasteiger partial charge in [0.25, 0.3) is 0 Å². The molecule has 0 radical (unpaired) electrons. The number of aromatic nitrogens is 3. The molecule has 5 rings (SSSR count). The van der Waals surface area contributed by atoms with Crippen LogP contribution < -0.4 is 10.6 Å². The van der Waals surface area contributed by atoms with E-state index in [0.29, 0.717) is 25.4 Å². The zero-order valence-electron chi connectivity index (χ0n) is 20.1. The van der Waals surface area contributed by atoms with E-state index >= 15 is 0 Å². The summed E-state index contributed by atoms with van der Waals surface area (Å²) in [6.45, 7) is 1.34. The maximum Gasteiger partial charge on any atom is 0.326 e. The highest BCUT2D eigenvalue weighted by molar-refractivity contribution is 5.85. The number of aryl methyl sites for hydroxylation is 3. The predicted octanol–water partition coefficient (Wildman–Crippen LogP) is 2.66. The lowest BCUT2D eigenvalue weighted by molar-refractivity contribution is -0.143. The summed E-state index contributed by atoms with van der Waals surface area (Å²) in [5.41, 5.74) is 4.58. The molecule has 3 heterocycles. The molecule has 1 saturated carbocycles. The normalized spacial score (nSPS) is 23.8. The topological polar surface area (TPSA) is 129 Å². The molecule has 4 N–H and O–H groups in total. The van der Waals surface area contributed by atoms with Crippen molar-refractivity contribution in [3.8, 4) is 0 Å². The first-order valence-electron chi connectivity index (χ1n) is 12.9. The Morgan fingerprint density at radius 2 is 2.11 bits per heavy atom. The number of aliphatic carboxylic acids is 1. The van der Waals surface area contributed by atoms with E-state index in [1.807, 2.05) is 0 Å². The number of H-pyrrole nitrogens is 1. The van der Waals surface area contributed by atoms with Gasteiger partial charge in [0.05, 0.1) is 12.3 Å². The summed E-state index contributed by atoms with van der Waals surface area (Å²) in [5.74, 6) is 0.238. The highest BCUT2D eigenvalue weighted by Crippen LogP contribution is 2.34. The molecule has 0 aromatic carbocycles. The minimum Gasteiger partial charge on any atom is -0.480 e. The van der Waals surface area contributed by atoms with E-state index in [-0.39, 0.29) is 24.3 Å². The minimum absolute atomic E-state index is 0.181. The first-order valence-corrected chi connectivity index (χ1v) is 12.9. The fourth-order valence-corrected chi connectivity index (χ4v) is 5.44. The summed E-state index contributed by atoms with van der Waals surface area (Å²) in [4.78, 5) is 29.1. The molecule has 2 atom stereocenters. The number of carbonyl (C=O) groups is 2. The van der Waals surface area contributed by atoms with Gasteiger partial charge in [0, 0.05) is 43.3 Å². The summed E-state index contributed by atoms with van der Waals surface area (Å²) < 4.78 is 5.92. The Bertz CT molecular complexity index is 1050. The van der Waals surface area contributed by atoms with Gasteiger partial charge < -0.3 is 20.5 Å². The van der Waals surface area contributed by atoms with E-state index in [0.717, 1.165) is 67.8 Å². The van der Waals surface area contributed by atoms with Crippen molar-refractivity contribution in [2.45, 2.75) is 76.4 Å². The molecule has 0 bridgehead atoms. The van der Waals surface area contributed by atoms with Crippen LogP contribution in [0.2, 0.25) is 0 Å². The van der Waals surface area contributed by atoms with Gasteiger partial charge in [-0.25, -0.2) is 9.78 Å². The quantitative estimate of drug-likeness (QED) is 0.411. The van der Waals surface area contributed by atoms with E-state index < -0.39 is 12.0 Å². The van der Waals surface area contributed by atoms with Crippen LogP contribution in [0.15, 0.2) is 18.3 Å². The zero-order chi connectivity index (χ0) is 24.2. The predicted molar refractivity (Wildman–Crippen MR) is 130 cm³/mol. The van der Waals surface area contributed by atoms with Crippen molar-refractivity contribution in [1.82, 2.24) is 20.5 Å². The minimum atomic E-state index is -1.02. The second kappa shape index (κ2) is 10.8. The third kappa shape index (κ3) is 5.83. The van der Waals surface area contributed by atoms with Gasteiger partial charge in [-0.1, -0.05) is 6.07 Å². The van der Waals surface area contributed by atoms with Crippen LogP contribution in [0, 0.1) is 11.8 Å². The Kier molecular flexibility index (Phi) is 7.32. The van der Waals surface area contributed by atoms with E-state index in [2.05, 4.69) is 33.0 Å². The van der Waals surface area contributed by atoms with Crippen LogP contribution in [0.4, 0.5) is 5.82 Å². The SMILES string of the molecule is O=C(N[C@@H](CCOC1CC(CCc2ccc3c(n2)NCCC3)C1)C(=O)O)[C@@H]1CCc2cn[nH]c2C1. The van der Waals surface area contributed by atoms with Gasteiger partial charge in [-0.15, -0.1) is 0 Å². The summed E-state index contributed by atoms with van der Waals surface area (Å²) in [5, 5.41) is 22.7. The van der Waals surface area contributed by atoms with Crippen molar-refractivity contribution in [2.75, 3.05) is 18.5 Å². The summed E-state index contributed by atoms with van der Waals surface area (Å²) in [6, 6.07) is 3.43. The first-order chi connectivity index (χ1) is 17.0. The standard InChI is InChI=1S/C26H35N5O4/c32-25(18-4-5-19-15-28-31-23(19)14-18)30-22(26(33)34)9-11-35-21-12-16(13-21)3-7-20-8-6-17-2-1-10-27-24(17)29-20/h6,8,15-16,18,21-22H,1-5,7,9-14H2,(H,27,29)(H,28,31)(H,30,32)(H,33,34)/t16?,18-,21?,22+/m1/s1. The van der Waals surface area contributed by atoms with Gasteiger partial charge in [-0.05, 0) is 74.5 Å². The number of rotatable bonds is 10. The summed E-state index contributed by atoms with van der Waals surface area (Å²) >= 11 is 0. The lowest BCUT2D eigenvalue weighted by atomic mass is 9.79. The molecule has 2 aromatic rings. The fraction of sp³-hybridized carbons (Fsp3) is 0.615. The van der Waals surface area contributed by atoms with Gasteiger partial charge in [0.2, 0.25) is 5.91 Å². The molecule has 1 amide bonds. The number of pyridine rings is 1. The number of aromatic amines is 1. The van der Waals surface area contributed by atoms with Crippen molar-refractivity contribution in [3.63, 3.8) is 0 Å². The number of carboxylic acids is 1. The van der Waals surface area contributed by atoms with Crippen molar-refractivity contribution in [1.29, 1.82) is 0 Å². The Balaban J connectivity index is 0.993. The summed E-state index contributed by atoms with van der Waals surface area (Å²) in [6.07, 6.45) is 10.7. The number of amides is 1. The van der Waals surface area contributed by atoms with Crippen LogP contribution in [0.5, 0.6) is 0 Å². The van der Waals surface area contributed by atoms with Crippen molar-refractivity contribution >= 4 is 17.7 Å². The van der Waals surface area contributed by atoms with E-state index in [1.54, 1.807) is 6.20 Å². The van der Waals surface area contributed by atoms with Crippen LogP contribution in [0.1, 0.15) is 61.0 Å². The van der Waals surface area contributed by atoms with Crippen molar-refractivity contribution < 1.29 is 19.4 Å². The number of nitrogens with zero attached hydrogens (tertiary/aromatic N) is 2. The number of fused-ring (bicyclic) bond motifs is 2. The number of ether oxygens (including phenoxy) is 1. The third-order valence-corrected chi connectivity index (χ3v) is 7.72. The lowest BCUT2D eigenvalue weighted by Crippen LogP contribution is -2.45. The number of carbonyl (C=O) groups excluding carboxylic acids is 1. The van der Waals surface area contributed by atoms with E-state index in [1.165, 1.54) is 12.0 Å². The molecule has 0 saturated heterocycles. The average Bonchev–Trinajstić information content (AvgIpc) is 3.31. The third-order valence-electron chi connectivity index (χ3n) is 7.72. The molecule has 35 heavy (non-hydrogen) atoms. The molecule has 2 aromatic heterocycles. The number of hydrogen-bond donors (Lipinski definition) is 4. The maximum absolute atomic E-state index is 12.7. The van der Waals surface area contributed by atoms with Crippen LogP contribution in [-0.4, -0.2) is 57.5 Å². The Morgan fingerprint density at radius 1 is 1.23 bits per heavy atom. The summed E-state index contributed by atoms with van der Waals surface area (Å²) in [7, 11) is 0. The molecular weight excluding hydrogens is 446 g/mol. The first kappa shape index (κ1) is 23.8. The van der Waals surface area contributed by atoms with Gasteiger partial charge in [-0.3, -0.25) is 9.89 Å². The second-order valence-corrected chi connectivity index (χ2v) is 10.2.